The van der Waals surface area contributed by atoms with Gasteiger partial charge in [-0.05, 0) is 11.6 Å². The molecule has 0 fully saturated rings. The minimum absolute atomic E-state index is 0.0610. The van der Waals surface area contributed by atoms with E-state index in [0.29, 0.717) is 36.0 Å². The zero-order chi connectivity index (χ0) is 20.4. The lowest BCUT2D eigenvalue weighted by Gasteiger charge is -2.26. The van der Waals surface area contributed by atoms with Crippen LogP contribution in [0.5, 0.6) is 17.2 Å². The fraction of sp³-hybridized carbons (Fsp3) is 0.273. The van der Waals surface area contributed by atoms with Crippen LogP contribution in [-0.4, -0.2) is 37.0 Å². The van der Waals surface area contributed by atoms with Gasteiger partial charge in [0.1, 0.15) is 5.82 Å². The number of fused-ring (bicyclic) bond motifs is 1. The van der Waals surface area contributed by atoms with E-state index in [0.717, 1.165) is 16.7 Å². The quantitative estimate of drug-likeness (QED) is 0.695. The molecule has 1 unspecified atom stereocenters. The summed E-state index contributed by atoms with van der Waals surface area (Å²) in [4.78, 5) is 12.5. The highest BCUT2D eigenvalue weighted by molar-refractivity contribution is 5.94. The Hall–Kier alpha value is -3.48. The molecule has 2 heterocycles. The first-order valence-corrected chi connectivity index (χ1v) is 9.34. The molecule has 1 N–H and O–H groups in total. The molecule has 0 saturated heterocycles. The summed E-state index contributed by atoms with van der Waals surface area (Å²) in [6.07, 6.45) is 2.12. The fourth-order valence-electron chi connectivity index (χ4n) is 3.82. The smallest absolute Gasteiger partial charge is 0.226 e. The number of aromatic nitrogens is 2. The van der Waals surface area contributed by atoms with Crippen molar-refractivity contribution in [2.24, 2.45) is 0 Å². The second-order valence-corrected chi connectivity index (χ2v) is 6.82. The lowest BCUT2D eigenvalue weighted by Crippen LogP contribution is -2.25. The second-order valence-electron chi connectivity index (χ2n) is 6.82. The van der Waals surface area contributed by atoms with E-state index in [4.69, 9.17) is 14.2 Å². The molecular formula is C22H23N3O4. The maximum Gasteiger partial charge on any atom is 0.226 e. The third-order valence-corrected chi connectivity index (χ3v) is 5.18. The molecular weight excluding hydrogens is 370 g/mol. The number of ether oxygens (including phenoxy) is 3. The number of methoxy groups -OCH3 is 3. The van der Waals surface area contributed by atoms with Crippen molar-refractivity contribution >= 4 is 11.7 Å². The van der Waals surface area contributed by atoms with Gasteiger partial charge in [0.2, 0.25) is 11.7 Å². The summed E-state index contributed by atoms with van der Waals surface area (Å²) >= 11 is 0. The molecule has 0 bridgehead atoms. The van der Waals surface area contributed by atoms with Crippen LogP contribution in [0.15, 0.2) is 48.7 Å². The molecule has 1 amide bonds. The molecule has 0 aliphatic carbocycles. The lowest BCUT2D eigenvalue weighted by atomic mass is 9.86. The normalized spacial score (nSPS) is 15.4. The van der Waals surface area contributed by atoms with E-state index >= 15 is 0 Å². The predicted molar refractivity (Wildman–Crippen MR) is 109 cm³/mol. The molecule has 1 aliphatic rings. The number of hydrogen-bond donors (Lipinski definition) is 1. The van der Waals surface area contributed by atoms with Gasteiger partial charge in [0, 0.05) is 23.5 Å². The van der Waals surface area contributed by atoms with Crippen molar-refractivity contribution < 1.29 is 19.0 Å². The van der Waals surface area contributed by atoms with Gasteiger partial charge in [0.25, 0.3) is 0 Å². The highest BCUT2D eigenvalue weighted by atomic mass is 16.5. The van der Waals surface area contributed by atoms with Crippen molar-refractivity contribution in [3.05, 3.63) is 65.4 Å². The number of carbonyl (C=O) groups is 1. The maximum absolute atomic E-state index is 12.5. The van der Waals surface area contributed by atoms with E-state index in [-0.39, 0.29) is 11.8 Å². The molecule has 0 radical (unpaired) electrons. The summed E-state index contributed by atoms with van der Waals surface area (Å²) < 4.78 is 18.4. The van der Waals surface area contributed by atoms with E-state index in [1.807, 2.05) is 53.3 Å². The van der Waals surface area contributed by atoms with E-state index in [1.165, 1.54) is 0 Å². The number of rotatable bonds is 6. The monoisotopic (exact) mass is 393 g/mol. The molecule has 4 rings (SSSR count). The Morgan fingerprint density at radius 3 is 2.45 bits per heavy atom. The van der Waals surface area contributed by atoms with Gasteiger partial charge in [-0.15, -0.1) is 0 Å². The highest BCUT2D eigenvalue weighted by Crippen LogP contribution is 2.47. The Morgan fingerprint density at radius 2 is 1.76 bits per heavy atom. The molecule has 0 saturated carbocycles. The van der Waals surface area contributed by atoms with Crippen LogP contribution in [0.2, 0.25) is 0 Å². The first-order valence-electron chi connectivity index (χ1n) is 9.34. The molecule has 1 atom stereocenters. The summed E-state index contributed by atoms with van der Waals surface area (Å²) in [6, 6.07) is 13.8. The van der Waals surface area contributed by atoms with Crippen LogP contribution in [-0.2, 0) is 11.3 Å². The average molecular weight is 393 g/mol. The number of nitrogens with zero attached hydrogens (tertiary/aromatic N) is 2. The lowest BCUT2D eigenvalue weighted by molar-refractivity contribution is -0.116. The number of hydrogen-bond acceptors (Lipinski definition) is 5. The van der Waals surface area contributed by atoms with Crippen molar-refractivity contribution in [1.29, 1.82) is 0 Å². The molecule has 3 aromatic rings. The van der Waals surface area contributed by atoms with E-state index in [9.17, 15) is 4.79 Å². The zero-order valence-corrected chi connectivity index (χ0v) is 16.6. The summed E-state index contributed by atoms with van der Waals surface area (Å²) in [5.74, 6) is 2.11. The van der Waals surface area contributed by atoms with Crippen molar-refractivity contribution in [2.45, 2.75) is 18.9 Å². The van der Waals surface area contributed by atoms with Crippen molar-refractivity contribution in [3.8, 4) is 17.2 Å². The number of carbonyl (C=O) groups excluding carboxylic acids is 1. The molecule has 7 heteroatoms. The minimum Gasteiger partial charge on any atom is -0.493 e. The van der Waals surface area contributed by atoms with Crippen LogP contribution in [0.4, 0.5) is 5.82 Å². The molecule has 29 heavy (non-hydrogen) atoms. The van der Waals surface area contributed by atoms with Crippen LogP contribution >= 0.6 is 0 Å². The van der Waals surface area contributed by atoms with Gasteiger partial charge in [-0.25, -0.2) is 4.68 Å². The Kier molecular flexibility index (Phi) is 5.12. The molecule has 1 aromatic heterocycles. The topological polar surface area (TPSA) is 74.6 Å². The van der Waals surface area contributed by atoms with Crippen LogP contribution in [0.25, 0.3) is 0 Å². The SMILES string of the molecule is COc1ccc(C2CC(=O)Nc3c2cnn3Cc2ccccc2)c(OC)c1OC. The highest BCUT2D eigenvalue weighted by Gasteiger charge is 2.33. The van der Waals surface area contributed by atoms with Crippen LogP contribution in [0.1, 0.15) is 29.0 Å². The van der Waals surface area contributed by atoms with E-state index in [1.54, 1.807) is 21.3 Å². The third-order valence-electron chi connectivity index (χ3n) is 5.18. The third kappa shape index (κ3) is 3.40. The van der Waals surface area contributed by atoms with Gasteiger partial charge in [-0.3, -0.25) is 4.79 Å². The van der Waals surface area contributed by atoms with Crippen molar-refractivity contribution in [3.63, 3.8) is 0 Å². The Labute approximate surface area is 169 Å². The molecule has 0 spiro atoms. The number of benzene rings is 2. The van der Waals surface area contributed by atoms with Gasteiger partial charge in [-0.1, -0.05) is 36.4 Å². The van der Waals surface area contributed by atoms with Crippen LogP contribution in [0.3, 0.4) is 0 Å². The molecule has 7 nitrogen and oxygen atoms in total. The van der Waals surface area contributed by atoms with Gasteiger partial charge in [-0.2, -0.15) is 5.10 Å². The first-order chi connectivity index (χ1) is 14.2. The van der Waals surface area contributed by atoms with Crippen LogP contribution < -0.4 is 19.5 Å². The largest absolute Gasteiger partial charge is 0.493 e. The maximum atomic E-state index is 12.5. The number of nitrogens with one attached hydrogen (secondary N) is 1. The van der Waals surface area contributed by atoms with Crippen LogP contribution in [0, 0.1) is 0 Å². The minimum atomic E-state index is -0.196. The van der Waals surface area contributed by atoms with E-state index in [2.05, 4.69) is 10.4 Å². The predicted octanol–water partition coefficient (Wildman–Crippen LogP) is 3.43. The standard InChI is InChI=1S/C22H23N3O4/c1-27-18-10-9-15(20(28-2)21(18)29-3)16-11-19(26)24-22-17(16)12-23-25(22)13-14-7-5-4-6-8-14/h4-10,12,16H,11,13H2,1-3H3,(H,24,26). The summed E-state index contributed by atoms with van der Waals surface area (Å²) in [5, 5.41) is 7.52. The summed E-state index contributed by atoms with van der Waals surface area (Å²) in [7, 11) is 4.74. The van der Waals surface area contributed by atoms with Gasteiger partial charge in [0.05, 0.1) is 34.1 Å². The Bertz CT molecular complexity index is 1030. The summed E-state index contributed by atoms with van der Waals surface area (Å²) in [6.45, 7) is 0.576. The molecule has 150 valence electrons. The van der Waals surface area contributed by atoms with Crippen molar-refractivity contribution in [2.75, 3.05) is 26.6 Å². The second kappa shape index (κ2) is 7.87. The summed E-state index contributed by atoms with van der Waals surface area (Å²) in [5.41, 5.74) is 2.92. The Balaban J connectivity index is 1.78. The first kappa shape index (κ1) is 18.9. The van der Waals surface area contributed by atoms with Gasteiger partial charge >= 0.3 is 0 Å². The average Bonchev–Trinajstić information content (AvgIpc) is 3.15. The number of amides is 1. The van der Waals surface area contributed by atoms with Gasteiger partial charge < -0.3 is 19.5 Å². The van der Waals surface area contributed by atoms with E-state index < -0.39 is 0 Å². The van der Waals surface area contributed by atoms with Gasteiger partial charge in [0.15, 0.2) is 11.5 Å². The fourth-order valence-corrected chi connectivity index (χ4v) is 3.82. The van der Waals surface area contributed by atoms with Crippen molar-refractivity contribution in [1.82, 2.24) is 9.78 Å². The molecule has 2 aromatic carbocycles. The molecule has 1 aliphatic heterocycles. The Morgan fingerprint density at radius 1 is 1.00 bits per heavy atom. The number of anilines is 1. The zero-order valence-electron chi connectivity index (χ0n) is 16.6.